The Morgan fingerprint density at radius 2 is 2.22 bits per heavy atom. The topological polar surface area (TPSA) is 79.5 Å². The van der Waals surface area contributed by atoms with Gasteiger partial charge in [0.15, 0.2) is 9.84 Å². The normalized spacial score (nSPS) is 31.6. The highest BCUT2D eigenvalue weighted by molar-refractivity contribution is 7.91. The predicted octanol–water partition coefficient (Wildman–Crippen LogP) is 0.844. The van der Waals surface area contributed by atoms with Crippen molar-refractivity contribution in [2.75, 3.05) is 26.0 Å². The SMILES string of the molecule is CS(=O)(=O)C1CCC(C2CCC=C(NCC3CCOC3)N2)=CN1. The lowest BCUT2D eigenvalue weighted by Crippen LogP contribution is -2.43. The van der Waals surface area contributed by atoms with Gasteiger partial charge in [0, 0.05) is 25.3 Å². The van der Waals surface area contributed by atoms with E-state index in [0.717, 1.165) is 51.3 Å². The van der Waals surface area contributed by atoms with Gasteiger partial charge in [-0.2, -0.15) is 0 Å². The maximum atomic E-state index is 11.6. The van der Waals surface area contributed by atoms with E-state index < -0.39 is 15.2 Å². The predicted molar refractivity (Wildman–Crippen MR) is 90.3 cm³/mol. The van der Waals surface area contributed by atoms with E-state index in [1.54, 1.807) is 0 Å². The van der Waals surface area contributed by atoms with Gasteiger partial charge in [-0.05, 0) is 50.0 Å². The van der Waals surface area contributed by atoms with Crippen molar-refractivity contribution in [3.63, 3.8) is 0 Å². The second-order valence-corrected chi connectivity index (χ2v) is 8.97. The van der Waals surface area contributed by atoms with Crippen LogP contribution in [-0.2, 0) is 14.6 Å². The monoisotopic (exact) mass is 341 g/mol. The fraction of sp³-hybridized carbons (Fsp3) is 0.750. The molecule has 0 aromatic rings. The molecule has 1 saturated heterocycles. The molecule has 3 atom stereocenters. The van der Waals surface area contributed by atoms with Crippen molar-refractivity contribution in [1.29, 1.82) is 0 Å². The van der Waals surface area contributed by atoms with E-state index in [4.69, 9.17) is 4.74 Å². The number of hydrogen-bond donors (Lipinski definition) is 3. The third-order valence-corrected chi connectivity index (χ3v) is 6.26. The Morgan fingerprint density at radius 3 is 2.87 bits per heavy atom. The molecule has 0 radical (unpaired) electrons. The number of rotatable bonds is 5. The third-order valence-electron chi connectivity index (χ3n) is 4.85. The molecule has 7 heteroatoms. The minimum atomic E-state index is -3.02. The molecule has 1 fully saturated rings. The molecule has 0 amide bonds. The van der Waals surface area contributed by atoms with Crippen molar-refractivity contribution in [3.05, 3.63) is 23.7 Å². The summed E-state index contributed by atoms with van der Waals surface area (Å²) in [7, 11) is -3.02. The average molecular weight is 341 g/mol. The van der Waals surface area contributed by atoms with Crippen LogP contribution in [-0.4, -0.2) is 45.8 Å². The van der Waals surface area contributed by atoms with Crippen molar-refractivity contribution in [2.24, 2.45) is 5.92 Å². The molecule has 3 unspecified atom stereocenters. The van der Waals surface area contributed by atoms with Gasteiger partial charge in [0.2, 0.25) is 0 Å². The molecule has 0 bridgehead atoms. The first-order valence-corrected chi connectivity index (χ1v) is 10.4. The smallest absolute Gasteiger partial charge is 0.168 e. The zero-order valence-corrected chi connectivity index (χ0v) is 14.5. The first-order chi connectivity index (χ1) is 11.0. The van der Waals surface area contributed by atoms with Gasteiger partial charge in [-0.15, -0.1) is 0 Å². The average Bonchev–Trinajstić information content (AvgIpc) is 3.06. The van der Waals surface area contributed by atoms with Gasteiger partial charge < -0.3 is 20.7 Å². The lowest BCUT2D eigenvalue weighted by Gasteiger charge is -2.32. The van der Waals surface area contributed by atoms with Gasteiger partial charge in [0.05, 0.1) is 18.5 Å². The Morgan fingerprint density at radius 1 is 1.35 bits per heavy atom. The molecule has 0 aromatic heterocycles. The summed E-state index contributed by atoms with van der Waals surface area (Å²) >= 11 is 0. The molecule has 3 N–H and O–H groups in total. The third kappa shape index (κ3) is 4.41. The van der Waals surface area contributed by atoms with Gasteiger partial charge in [-0.1, -0.05) is 0 Å². The van der Waals surface area contributed by atoms with Crippen molar-refractivity contribution in [1.82, 2.24) is 16.0 Å². The summed E-state index contributed by atoms with van der Waals surface area (Å²) in [5.41, 5.74) is 1.27. The van der Waals surface area contributed by atoms with Crippen LogP contribution in [0, 0.1) is 5.92 Å². The molecule has 23 heavy (non-hydrogen) atoms. The van der Waals surface area contributed by atoms with Crippen LogP contribution in [0.4, 0.5) is 0 Å². The Kier molecular flexibility index (Phi) is 5.16. The van der Waals surface area contributed by atoms with Crippen LogP contribution in [0.25, 0.3) is 0 Å². The number of allylic oxidation sites excluding steroid dienone is 1. The highest BCUT2D eigenvalue weighted by atomic mass is 32.2. The molecule has 3 aliphatic rings. The standard InChI is InChI=1S/C16H27N3O3S/c1-23(20,21)16-6-5-13(10-18-16)14-3-2-4-15(19-14)17-9-12-7-8-22-11-12/h4,10,12,14,16-19H,2-3,5-9,11H2,1H3. The van der Waals surface area contributed by atoms with Gasteiger partial charge in [-0.25, -0.2) is 8.42 Å². The summed E-state index contributed by atoms with van der Waals surface area (Å²) < 4.78 is 28.6. The summed E-state index contributed by atoms with van der Waals surface area (Å²) in [6.07, 6.45) is 10.1. The summed E-state index contributed by atoms with van der Waals surface area (Å²) in [4.78, 5) is 0. The van der Waals surface area contributed by atoms with Crippen LogP contribution in [0.1, 0.15) is 32.1 Å². The first-order valence-electron chi connectivity index (χ1n) is 8.44. The largest absolute Gasteiger partial charge is 0.381 e. The van der Waals surface area contributed by atoms with Gasteiger partial charge >= 0.3 is 0 Å². The van der Waals surface area contributed by atoms with Crippen LogP contribution in [0.5, 0.6) is 0 Å². The van der Waals surface area contributed by atoms with Crippen molar-refractivity contribution >= 4 is 9.84 Å². The second kappa shape index (κ2) is 7.13. The fourth-order valence-electron chi connectivity index (χ4n) is 3.38. The molecule has 6 nitrogen and oxygen atoms in total. The van der Waals surface area contributed by atoms with E-state index >= 15 is 0 Å². The molecule has 0 saturated carbocycles. The van der Waals surface area contributed by atoms with Crippen molar-refractivity contribution < 1.29 is 13.2 Å². The van der Waals surface area contributed by atoms with Crippen molar-refractivity contribution in [3.8, 4) is 0 Å². The quantitative estimate of drug-likeness (QED) is 0.688. The van der Waals surface area contributed by atoms with E-state index in [-0.39, 0.29) is 6.04 Å². The first kappa shape index (κ1) is 16.6. The van der Waals surface area contributed by atoms with Crippen LogP contribution in [0.3, 0.4) is 0 Å². The summed E-state index contributed by atoms with van der Waals surface area (Å²) in [6, 6.07) is 0.287. The molecule has 0 aliphatic carbocycles. The zero-order valence-electron chi connectivity index (χ0n) is 13.7. The Hall–Kier alpha value is -1.21. The molecule has 3 heterocycles. The van der Waals surface area contributed by atoms with Gasteiger partial charge in [0.1, 0.15) is 5.37 Å². The molecular formula is C16H27N3O3S. The van der Waals surface area contributed by atoms with E-state index in [1.807, 2.05) is 6.20 Å². The van der Waals surface area contributed by atoms with Crippen LogP contribution in [0.2, 0.25) is 0 Å². The van der Waals surface area contributed by atoms with E-state index in [0.29, 0.717) is 12.3 Å². The number of ether oxygens (including phenoxy) is 1. The number of hydrogen-bond acceptors (Lipinski definition) is 6. The van der Waals surface area contributed by atoms with Gasteiger partial charge in [0.25, 0.3) is 0 Å². The van der Waals surface area contributed by atoms with E-state index in [9.17, 15) is 8.42 Å². The maximum Gasteiger partial charge on any atom is 0.168 e. The number of sulfone groups is 1. The highest BCUT2D eigenvalue weighted by Gasteiger charge is 2.27. The molecule has 3 aliphatic heterocycles. The second-order valence-electron chi connectivity index (χ2n) is 6.75. The van der Waals surface area contributed by atoms with Crippen molar-refractivity contribution in [2.45, 2.75) is 43.5 Å². The Bertz CT molecular complexity index is 579. The van der Waals surface area contributed by atoms with E-state index in [1.165, 1.54) is 11.8 Å². The molecule has 0 spiro atoms. The highest BCUT2D eigenvalue weighted by Crippen LogP contribution is 2.24. The summed E-state index contributed by atoms with van der Waals surface area (Å²) in [5.74, 6) is 1.70. The lowest BCUT2D eigenvalue weighted by atomic mass is 9.95. The molecular weight excluding hydrogens is 314 g/mol. The lowest BCUT2D eigenvalue weighted by molar-refractivity contribution is 0.185. The van der Waals surface area contributed by atoms with E-state index in [2.05, 4.69) is 22.0 Å². The van der Waals surface area contributed by atoms with Crippen LogP contribution >= 0.6 is 0 Å². The van der Waals surface area contributed by atoms with Gasteiger partial charge in [-0.3, -0.25) is 0 Å². The summed E-state index contributed by atoms with van der Waals surface area (Å²) in [5, 5.41) is 9.66. The number of nitrogens with one attached hydrogen (secondary N) is 3. The summed E-state index contributed by atoms with van der Waals surface area (Å²) in [6.45, 7) is 2.67. The Balaban J connectivity index is 1.51. The van der Waals surface area contributed by atoms with Crippen LogP contribution < -0.4 is 16.0 Å². The fourth-order valence-corrected chi connectivity index (χ4v) is 4.24. The maximum absolute atomic E-state index is 11.6. The minimum Gasteiger partial charge on any atom is -0.381 e. The van der Waals surface area contributed by atoms with Crippen LogP contribution in [0.15, 0.2) is 23.7 Å². The molecule has 3 rings (SSSR count). The minimum absolute atomic E-state index is 0.287. The molecule has 0 aromatic carbocycles. The Labute approximate surface area is 138 Å². The molecule has 130 valence electrons. The zero-order chi connectivity index (χ0) is 16.3.